The van der Waals surface area contributed by atoms with E-state index in [2.05, 4.69) is 193 Å². The summed E-state index contributed by atoms with van der Waals surface area (Å²) in [6, 6.07) is 68.5. The van der Waals surface area contributed by atoms with Gasteiger partial charge in [0.25, 0.3) is 0 Å². The standard InChI is InChI=1S/C48H31NS2/c1-3-11-32(12-4-1)33-21-26-37(27-22-33)49(38-28-23-34(24-29-38)36-25-30-46-43(31-36)40-15-7-8-20-45(40)50-46)44-19-10-18-42-41-17-9-16-39(47(41)51-48(42)44)35-13-5-2-6-14-35/h1-31H. The van der Waals surface area contributed by atoms with Crippen LogP contribution in [-0.2, 0) is 0 Å². The topological polar surface area (TPSA) is 3.24 Å². The second-order valence-electron chi connectivity index (χ2n) is 12.9. The summed E-state index contributed by atoms with van der Waals surface area (Å²) in [5, 5.41) is 5.23. The zero-order chi connectivity index (χ0) is 33.7. The maximum atomic E-state index is 2.42. The molecule has 0 saturated heterocycles. The Hall–Kier alpha value is -6.00. The van der Waals surface area contributed by atoms with Gasteiger partial charge in [0.2, 0.25) is 0 Å². The highest BCUT2D eigenvalue weighted by atomic mass is 32.1. The molecular weight excluding hydrogens is 655 g/mol. The third-order valence-corrected chi connectivity index (χ3v) is 12.3. The second kappa shape index (κ2) is 12.4. The van der Waals surface area contributed by atoms with Crippen LogP contribution in [0.4, 0.5) is 17.1 Å². The SMILES string of the molecule is c1ccc(-c2ccc(N(c3ccc(-c4ccc5sc6ccccc6c5c4)cc3)c3cccc4c3sc3c(-c5ccccc5)cccc34)cc2)cc1. The van der Waals surface area contributed by atoms with Crippen molar-refractivity contribution in [3.05, 3.63) is 188 Å². The van der Waals surface area contributed by atoms with Gasteiger partial charge in [0, 0.05) is 47.0 Å². The van der Waals surface area contributed by atoms with Gasteiger partial charge in [-0.3, -0.25) is 0 Å². The lowest BCUT2D eigenvalue weighted by Gasteiger charge is -2.26. The summed E-state index contributed by atoms with van der Waals surface area (Å²) in [5.74, 6) is 0. The summed E-state index contributed by atoms with van der Waals surface area (Å²) < 4.78 is 5.26. The Morgan fingerprint density at radius 2 is 0.843 bits per heavy atom. The highest BCUT2D eigenvalue weighted by Crippen LogP contribution is 2.47. The van der Waals surface area contributed by atoms with E-state index in [-0.39, 0.29) is 0 Å². The van der Waals surface area contributed by atoms with Crippen molar-refractivity contribution in [1.29, 1.82) is 0 Å². The fraction of sp³-hybridized carbons (Fsp3) is 0. The number of rotatable bonds is 6. The zero-order valence-corrected chi connectivity index (χ0v) is 29.3. The van der Waals surface area contributed by atoms with Crippen molar-refractivity contribution in [1.82, 2.24) is 0 Å². The normalized spacial score (nSPS) is 11.5. The first-order valence-electron chi connectivity index (χ1n) is 17.3. The molecule has 0 amide bonds. The van der Waals surface area contributed by atoms with Gasteiger partial charge in [-0.15, -0.1) is 22.7 Å². The van der Waals surface area contributed by atoms with Crippen LogP contribution in [0.5, 0.6) is 0 Å². The molecule has 0 spiro atoms. The van der Waals surface area contributed by atoms with Gasteiger partial charge in [0.15, 0.2) is 0 Å². The minimum absolute atomic E-state index is 1.13. The zero-order valence-electron chi connectivity index (χ0n) is 27.7. The third-order valence-electron chi connectivity index (χ3n) is 9.90. The van der Waals surface area contributed by atoms with Gasteiger partial charge in [-0.1, -0.05) is 140 Å². The molecule has 0 aliphatic carbocycles. The lowest BCUT2D eigenvalue weighted by Crippen LogP contribution is -2.10. The molecule has 51 heavy (non-hydrogen) atoms. The summed E-state index contributed by atoms with van der Waals surface area (Å²) in [5.41, 5.74) is 10.8. The number of benzene rings is 8. The lowest BCUT2D eigenvalue weighted by atomic mass is 10.0. The average molecular weight is 686 g/mol. The Bertz CT molecular complexity index is 2830. The van der Waals surface area contributed by atoms with Crippen molar-refractivity contribution in [2.24, 2.45) is 0 Å². The molecule has 10 aromatic rings. The molecule has 3 heteroatoms. The fourth-order valence-corrected chi connectivity index (χ4v) is 9.82. The van der Waals surface area contributed by atoms with E-state index in [4.69, 9.17) is 0 Å². The molecule has 8 aromatic carbocycles. The van der Waals surface area contributed by atoms with E-state index in [0.29, 0.717) is 0 Å². The fourth-order valence-electron chi connectivity index (χ4n) is 7.40. The van der Waals surface area contributed by atoms with E-state index in [0.717, 1.165) is 11.4 Å². The number of fused-ring (bicyclic) bond motifs is 6. The van der Waals surface area contributed by atoms with Crippen molar-refractivity contribution in [3.63, 3.8) is 0 Å². The molecule has 0 N–H and O–H groups in total. The van der Waals surface area contributed by atoms with E-state index in [9.17, 15) is 0 Å². The molecule has 10 rings (SSSR count). The predicted molar refractivity (Wildman–Crippen MR) is 223 cm³/mol. The molecule has 2 aromatic heterocycles. The Labute approximate surface area is 304 Å². The smallest absolute Gasteiger partial charge is 0.0640 e. The Kier molecular flexibility index (Phi) is 7.26. The molecule has 1 nitrogen and oxygen atoms in total. The maximum Gasteiger partial charge on any atom is 0.0640 e. The van der Waals surface area contributed by atoms with Gasteiger partial charge in [0.1, 0.15) is 0 Å². The number of hydrogen-bond donors (Lipinski definition) is 0. The predicted octanol–water partition coefficient (Wildman–Crippen LogP) is 14.9. The maximum absolute atomic E-state index is 2.42. The van der Waals surface area contributed by atoms with Crippen molar-refractivity contribution < 1.29 is 0 Å². The Morgan fingerprint density at radius 3 is 1.57 bits per heavy atom. The van der Waals surface area contributed by atoms with Crippen LogP contribution in [0.1, 0.15) is 0 Å². The third kappa shape index (κ3) is 5.21. The largest absolute Gasteiger partial charge is 0.309 e. The van der Waals surface area contributed by atoms with Crippen LogP contribution in [0.15, 0.2) is 188 Å². The first-order valence-corrected chi connectivity index (χ1v) is 18.9. The molecule has 0 radical (unpaired) electrons. The van der Waals surface area contributed by atoms with E-state index in [1.54, 1.807) is 0 Å². The van der Waals surface area contributed by atoms with Gasteiger partial charge >= 0.3 is 0 Å². The van der Waals surface area contributed by atoms with E-state index < -0.39 is 0 Å². The molecule has 0 aliphatic heterocycles. The van der Waals surface area contributed by atoms with Gasteiger partial charge in [-0.2, -0.15) is 0 Å². The first-order chi connectivity index (χ1) is 25.3. The molecule has 0 atom stereocenters. The molecule has 0 unspecified atom stereocenters. The van der Waals surface area contributed by atoms with Crippen molar-refractivity contribution in [3.8, 4) is 33.4 Å². The van der Waals surface area contributed by atoms with Crippen LogP contribution in [0.2, 0.25) is 0 Å². The monoisotopic (exact) mass is 685 g/mol. The van der Waals surface area contributed by atoms with Gasteiger partial charge in [-0.05, 0) is 81.9 Å². The summed E-state index contributed by atoms with van der Waals surface area (Å²) in [7, 11) is 0. The van der Waals surface area contributed by atoms with E-state index in [1.807, 2.05) is 22.7 Å². The summed E-state index contributed by atoms with van der Waals surface area (Å²) in [6.45, 7) is 0. The molecule has 0 bridgehead atoms. The summed E-state index contributed by atoms with van der Waals surface area (Å²) in [4.78, 5) is 2.42. The van der Waals surface area contributed by atoms with Crippen LogP contribution < -0.4 is 4.90 Å². The number of anilines is 3. The van der Waals surface area contributed by atoms with Gasteiger partial charge in [0.05, 0.1) is 10.4 Å². The lowest BCUT2D eigenvalue weighted by molar-refractivity contribution is 1.30. The van der Waals surface area contributed by atoms with E-state index >= 15 is 0 Å². The van der Waals surface area contributed by atoms with Crippen LogP contribution in [0.3, 0.4) is 0 Å². The quantitative estimate of drug-likeness (QED) is 0.168. The minimum Gasteiger partial charge on any atom is -0.309 e. The number of nitrogens with zero attached hydrogens (tertiary/aromatic N) is 1. The number of thiophene rings is 2. The van der Waals surface area contributed by atoms with Gasteiger partial charge in [-0.25, -0.2) is 0 Å². The van der Waals surface area contributed by atoms with Gasteiger partial charge < -0.3 is 4.90 Å². The first kappa shape index (κ1) is 29.9. The van der Waals surface area contributed by atoms with Crippen LogP contribution >= 0.6 is 22.7 Å². The van der Waals surface area contributed by atoms with Crippen LogP contribution in [0, 0.1) is 0 Å². The van der Waals surface area contributed by atoms with Crippen LogP contribution in [0.25, 0.3) is 73.7 Å². The van der Waals surface area contributed by atoms with Crippen molar-refractivity contribution >= 4 is 80.1 Å². The Morgan fingerprint density at radius 1 is 0.314 bits per heavy atom. The molecule has 2 heterocycles. The highest BCUT2D eigenvalue weighted by Gasteiger charge is 2.20. The highest BCUT2D eigenvalue weighted by molar-refractivity contribution is 7.27. The molecular formula is C48H31NS2. The Balaban J connectivity index is 1.12. The molecule has 0 saturated carbocycles. The van der Waals surface area contributed by atoms with Crippen molar-refractivity contribution in [2.75, 3.05) is 4.90 Å². The molecule has 0 fully saturated rings. The van der Waals surface area contributed by atoms with E-state index in [1.165, 1.54) is 79.4 Å². The molecule has 240 valence electrons. The minimum atomic E-state index is 1.13. The summed E-state index contributed by atoms with van der Waals surface area (Å²) >= 11 is 3.75. The average Bonchev–Trinajstić information content (AvgIpc) is 3.78. The van der Waals surface area contributed by atoms with Crippen molar-refractivity contribution in [2.45, 2.75) is 0 Å². The summed E-state index contributed by atoms with van der Waals surface area (Å²) in [6.07, 6.45) is 0. The molecule has 0 aliphatic rings. The number of hydrogen-bond acceptors (Lipinski definition) is 3. The second-order valence-corrected chi connectivity index (χ2v) is 15.0. The van der Waals surface area contributed by atoms with Crippen LogP contribution in [-0.4, -0.2) is 0 Å².